The molecule has 0 spiro atoms. The number of hydrogen-bond acceptors (Lipinski definition) is 5. The second kappa shape index (κ2) is 6.99. The Labute approximate surface area is 155 Å². The number of nitrogens with zero attached hydrogens (tertiary/aromatic N) is 5. The lowest BCUT2D eigenvalue weighted by atomic mass is 10.0. The van der Waals surface area contributed by atoms with Crippen molar-refractivity contribution in [2.24, 2.45) is 5.92 Å². The zero-order valence-corrected chi connectivity index (χ0v) is 15.0. The number of H-pyrrole nitrogens is 1. The van der Waals surface area contributed by atoms with Gasteiger partial charge < -0.3 is 10.3 Å². The second-order valence-electron chi connectivity index (χ2n) is 6.58. The molecule has 0 saturated heterocycles. The van der Waals surface area contributed by atoms with E-state index >= 15 is 0 Å². The van der Waals surface area contributed by atoms with E-state index in [1.165, 1.54) is 17.3 Å². The highest BCUT2D eigenvalue weighted by atomic mass is 16.1. The molecule has 0 aliphatic rings. The van der Waals surface area contributed by atoms with Gasteiger partial charge in [-0.25, -0.2) is 19.6 Å². The van der Waals surface area contributed by atoms with E-state index in [0.29, 0.717) is 11.4 Å². The zero-order valence-electron chi connectivity index (χ0n) is 15.0. The summed E-state index contributed by atoms with van der Waals surface area (Å²) >= 11 is 0. The van der Waals surface area contributed by atoms with Crippen molar-refractivity contribution in [3.8, 4) is 5.82 Å². The maximum atomic E-state index is 12.8. The first-order chi connectivity index (χ1) is 13.1. The molecule has 0 fully saturated rings. The van der Waals surface area contributed by atoms with Gasteiger partial charge in [0.25, 0.3) is 5.91 Å². The number of benzene rings is 1. The average Bonchev–Trinajstić information content (AvgIpc) is 3.35. The molecule has 0 aliphatic carbocycles. The Hall–Kier alpha value is -3.55. The first kappa shape index (κ1) is 16.9. The number of fused-ring (bicyclic) bond motifs is 1. The molecule has 136 valence electrons. The minimum atomic E-state index is -0.243. The number of hydrogen-bond donors (Lipinski definition) is 2. The van der Waals surface area contributed by atoms with Gasteiger partial charge in [0.2, 0.25) is 0 Å². The number of para-hydroxylation sites is 2. The van der Waals surface area contributed by atoms with Gasteiger partial charge >= 0.3 is 0 Å². The van der Waals surface area contributed by atoms with E-state index in [1.807, 2.05) is 38.1 Å². The number of carbonyl (C=O) groups is 1. The summed E-state index contributed by atoms with van der Waals surface area (Å²) in [6.07, 6.45) is 4.54. The largest absolute Gasteiger partial charge is 0.342 e. The lowest BCUT2D eigenvalue weighted by molar-refractivity contribution is 0.0923. The number of aromatic amines is 1. The molecule has 1 aromatic carbocycles. The fraction of sp³-hybridized carbons (Fsp3) is 0.211. The van der Waals surface area contributed by atoms with Gasteiger partial charge in [0.05, 0.1) is 17.1 Å². The SMILES string of the molecule is CC(C)C(NC(=O)c1ccnc(-n2cncn2)c1)c1nc2ccccc2[nH]1. The van der Waals surface area contributed by atoms with Crippen molar-refractivity contribution >= 4 is 16.9 Å². The smallest absolute Gasteiger partial charge is 0.252 e. The summed E-state index contributed by atoms with van der Waals surface area (Å²) in [6.45, 7) is 4.09. The molecule has 2 N–H and O–H groups in total. The minimum Gasteiger partial charge on any atom is -0.342 e. The minimum absolute atomic E-state index is 0.158. The molecule has 1 unspecified atom stereocenters. The molecule has 0 bridgehead atoms. The normalized spacial score (nSPS) is 12.4. The summed E-state index contributed by atoms with van der Waals surface area (Å²) in [5.41, 5.74) is 2.33. The molecule has 8 nitrogen and oxygen atoms in total. The first-order valence-corrected chi connectivity index (χ1v) is 8.68. The van der Waals surface area contributed by atoms with Crippen molar-refractivity contribution in [1.82, 2.24) is 35.0 Å². The molecular formula is C19H19N7O. The molecule has 4 rings (SSSR count). The highest BCUT2D eigenvalue weighted by molar-refractivity contribution is 5.94. The van der Waals surface area contributed by atoms with Crippen molar-refractivity contribution in [2.75, 3.05) is 0 Å². The first-order valence-electron chi connectivity index (χ1n) is 8.68. The van der Waals surface area contributed by atoms with Crippen molar-refractivity contribution < 1.29 is 4.79 Å². The van der Waals surface area contributed by atoms with Crippen LogP contribution in [0.1, 0.15) is 36.1 Å². The van der Waals surface area contributed by atoms with Gasteiger partial charge in [0.1, 0.15) is 18.5 Å². The number of rotatable bonds is 5. The topological polar surface area (TPSA) is 101 Å². The molecule has 4 aromatic rings. The highest BCUT2D eigenvalue weighted by Crippen LogP contribution is 2.22. The predicted octanol–water partition coefficient (Wildman–Crippen LogP) is 2.67. The fourth-order valence-corrected chi connectivity index (χ4v) is 2.91. The van der Waals surface area contributed by atoms with E-state index in [0.717, 1.165) is 16.9 Å². The van der Waals surface area contributed by atoms with Gasteiger partial charge in [-0.05, 0) is 30.2 Å². The quantitative estimate of drug-likeness (QED) is 0.569. The monoisotopic (exact) mass is 361 g/mol. The van der Waals surface area contributed by atoms with Crippen LogP contribution in [0.3, 0.4) is 0 Å². The number of aromatic nitrogens is 6. The van der Waals surface area contributed by atoms with Crippen LogP contribution in [0.5, 0.6) is 0 Å². The van der Waals surface area contributed by atoms with Crippen LogP contribution >= 0.6 is 0 Å². The van der Waals surface area contributed by atoms with E-state index in [-0.39, 0.29) is 17.9 Å². The van der Waals surface area contributed by atoms with Crippen LogP contribution in [-0.4, -0.2) is 35.6 Å². The summed E-state index contributed by atoms with van der Waals surface area (Å²) in [5.74, 6) is 1.24. The summed E-state index contributed by atoms with van der Waals surface area (Å²) in [4.78, 5) is 28.9. The Morgan fingerprint density at radius 1 is 1.22 bits per heavy atom. The van der Waals surface area contributed by atoms with Gasteiger partial charge in [-0.1, -0.05) is 26.0 Å². The van der Waals surface area contributed by atoms with Crippen LogP contribution < -0.4 is 5.32 Å². The number of carbonyl (C=O) groups excluding carboxylic acids is 1. The molecule has 27 heavy (non-hydrogen) atoms. The van der Waals surface area contributed by atoms with Crippen LogP contribution in [0, 0.1) is 5.92 Å². The Bertz CT molecular complexity index is 1040. The molecule has 0 radical (unpaired) electrons. The summed E-state index contributed by atoms with van der Waals surface area (Å²) in [7, 11) is 0. The third kappa shape index (κ3) is 3.41. The summed E-state index contributed by atoms with van der Waals surface area (Å²) < 4.78 is 1.51. The standard InChI is InChI=1S/C19H19N7O/c1-12(2)17(18-23-14-5-3-4-6-15(14)24-18)25-19(27)13-7-8-21-16(9-13)26-11-20-10-22-26/h3-12,17H,1-2H3,(H,23,24)(H,25,27). The number of amides is 1. The van der Waals surface area contributed by atoms with Gasteiger partial charge in [-0.3, -0.25) is 4.79 Å². The molecule has 3 heterocycles. The number of nitrogens with one attached hydrogen (secondary N) is 2. The Morgan fingerprint density at radius 2 is 2.07 bits per heavy atom. The van der Waals surface area contributed by atoms with Crippen LogP contribution in [0.15, 0.2) is 55.2 Å². The fourth-order valence-electron chi connectivity index (χ4n) is 2.91. The predicted molar refractivity (Wildman–Crippen MR) is 100 cm³/mol. The summed E-state index contributed by atoms with van der Waals surface area (Å²) in [5, 5.41) is 7.12. The summed E-state index contributed by atoms with van der Waals surface area (Å²) in [6, 6.07) is 10.9. The third-order valence-electron chi connectivity index (χ3n) is 4.32. The molecule has 1 amide bonds. The molecule has 0 saturated carbocycles. The third-order valence-corrected chi connectivity index (χ3v) is 4.32. The Kier molecular flexibility index (Phi) is 4.37. The molecular weight excluding hydrogens is 342 g/mol. The van der Waals surface area contributed by atoms with E-state index < -0.39 is 0 Å². The van der Waals surface area contributed by atoms with E-state index in [1.54, 1.807) is 18.3 Å². The molecule has 3 aromatic heterocycles. The Morgan fingerprint density at radius 3 is 2.81 bits per heavy atom. The van der Waals surface area contributed by atoms with Crippen molar-refractivity contribution in [2.45, 2.75) is 19.9 Å². The van der Waals surface area contributed by atoms with Crippen molar-refractivity contribution in [3.05, 3.63) is 66.6 Å². The van der Waals surface area contributed by atoms with Crippen LogP contribution in [0.4, 0.5) is 0 Å². The van der Waals surface area contributed by atoms with Gasteiger partial charge in [-0.2, -0.15) is 5.10 Å². The lowest BCUT2D eigenvalue weighted by Gasteiger charge is -2.20. The van der Waals surface area contributed by atoms with Crippen molar-refractivity contribution in [3.63, 3.8) is 0 Å². The maximum absolute atomic E-state index is 12.8. The van der Waals surface area contributed by atoms with Crippen LogP contribution in [0.2, 0.25) is 0 Å². The van der Waals surface area contributed by atoms with Gasteiger partial charge in [0, 0.05) is 11.8 Å². The highest BCUT2D eigenvalue weighted by Gasteiger charge is 2.22. The maximum Gasteiger partial charge on any atom is 0.252 e. The van der Waals surface area contributed by atoms with Gasteiger partial charge in [-0.15, -0.1) is 0 Å². The number of pyridine rings is 1. The van der Waals surface area contributed by atoms with Crippen LogP contribution in [0.25, 0.3) is 16.9 Å². The Balaban J connectivity index is 1.60. The average molecular weight is 361 g/mol. The molecule has 0 aliphatic heterocycles. The van der Waals surface area contributed by atoms with Crippen LogP contribution in [-0.2, 0) is 0 Å². The second-order valence-corrected chi connectivity index (χ2v) is 6.58. The van der Waals surface area contributed by atoms with Crippen molar-refractivity contribution in [1.29, 1.82) is 0 Å². The van der Waals surface area contributed by atoms with E-state index in [2.05, 4.69) is 30.4 Å². The van der Waals surface area contributed by atoms with Gasteiger partial charge in [0.15, 0.2) is 5.82 Å². The van der Waals surface area contributed by atoms with E-state index in [4.69, 9.17) is 0 Å². The van der Waals surface area contributed by atoms with E-state index in [9.17, 15) is 4.79 Å². The zero-order chi connectivity index (χ0) is 18.8. The molecule has 8 heteroatoms. The lowest BCUT2D eigenvalue weighted by Crippen LogP contribution is -2.32. The molecule has 1 atom stereocenters. The number of imidazole rings is 1.